The Hall–Kier alpha value is -1.12. The van der Waals surface area contributed by atoms with Crippen molar-refractivity contribution in [1.29, 1.82) is 5.26 Å². The monoisotopic (exact) mass is 264 g/mol. The summed E-state index contributed by atoms with van der Waals surface area (Å²) in [6.45, 7) is 6.06. The van der Waals surface area contributed by atoms with Crippen molar-refractivity contribution in [3.05, 3.63) is 0 Å². The third kappa shape index (κ3) is 3.46. The molecule has 106 valence electrons. The predicted molar refractivity (Wildman–Crippen MR) is 73.1 cm³/mol. The Bertz CT molecular complexity index is 387. The zero-order chi connectivity index (χ0) is 14.0. The highest BCUT2D eigenvalue weighted by atomic mass is 16.2. The summed E-state index contributed by atoms with van der Waals surface area (Å²) in [4.78, 5) is 14.2. The second-order valence-electron chi connectivity index (χ2n) is 6.30. The minimum Gasteiger partial charge on any atom is -0.337 e. The molecule has 3 N–H and O–H groups in total. The number of nitrogens with two attached hydrogens (primary N) is 1. The number of hydrogen-bond acceptors (Lipinski definition) is 4. The molecule has 0 radical (unpaired) electrons. The van der Waals surface area contributed by atoms with Crippen LogP contribution in [0, 0.1) is 23.2 Å². The molecule has 5 nitrogen and oxygen atoms in total. The summed E-state index contributed by atoms with van der Waals surface area (Å²) >= 11 is 0. The highest BCUT2D eigenvalue weighted by Gasteiger charge is 2.43. The first-order valence-corrected chi connectivity index (χ1v) is 7.15. The van der Waals surface area contributed by atoms with Crippen molar-refractivity contribution in [2.45, 2.75) is 44.7 Å². The van der Waals surface area contributed by atoms with Gasteiger partial charge in [0.05, 0.1) is 12.6 Å². The summed E-state index contributed by atoms with van der Waals surface area (Å²) in [6.07, 6.45) is 3.02. The fourth-order valence-corrected chi connectivity index (χ4v) is 2.81. The van der Waals surface area contributed by atoms with Crippen LogP contribution in [0.15, 0.2) is 0 Å². The molecule has 1 saturated heterocycles. The van der Waals surface area contributed by atoms with E-state index in [0.29, 0.717) is 18.4 Å². The number of nitrogens with zero attached hydrogens (tertiary/aromatic N) is 2. The summed E-state index contributed by atoms with van der Waals surface area (Å²) in [5.74, 6) is 0.709. The second-order valence-corrected chi connectivity index (χ2v) is 6.30. The third-order valence-electron chi connectivity index (χ3n) is 4.45. The Balaban J connectivity index is 1.83. The quantitative estimate of drug-likeness (QED) is 0.773. The fraction of sp³-hybridized carbons (Fsp3) is 0.857. The van der Waals surface area contributed by atoms with E-state index in [4.69, 9.17) is 5.73 Å². The molecule has 5 heteroatoms. The maximum Gasteiger partial charge on any atom is 0.235 e. The average molecular weight is 264 g/mol. The molecular weight excluding hydrogens is 240 g/mol. The number of likely N-dealkylation sites (tertiary alicyclic amines) is 1. The Morgan fingerprint density at radius 2 is 2.21 bits per heavy atom. The van der Waals surface area contributed by atoms with Gasteiger partial charge in [-0.15, -0.1) is 0 Å². The molecule has 0 aromatic carbocycles. The standard InChI is InChI=1S/C14H24N4O/c1-10-7-18(6-5-12(10)16)8-13(19)17-14(2,9-15)11-3-4-11/h10-12H,3-8,16H2,1-2H3,(H,17,19). The van der Waals surface area contributed by atoms with E-state index in [1.54, 1.807) is 0 Å². The molecule has 1 aliphatic carbocycles. The summed E-state index contributed by atoms with van der Waals surface area (Å²) in [7, 11) is 0. The van der Waals surface area contributed by atoms with Crippen LogP contribution < -0.4 is 11.1 Å². The number of carbonyl (C=O) groups excluding carboxylic acids is 1. The number of carbonyl (C=O) groups is 1. The number of piperidine rings is 1. The maximum atomic E-state index is 12.1. The zero-order valence-electron chi connectivity index (χ0n) is 11.9. The maximum absolute atomic E-state index is 12.1. The van der Waals surface area contributed by atoms with Crippen molar-refractivity contribution in [3.63, 3.8) is 0 Å². The molecule has 0 aromatic heterocycles. The van der Waals surface area contributed by atoms with Crippen LogP contribution >= 0.6 is 0 Å². The van der Waals surface area contributed by atoms with E-state index in [1.165, 1.54) is 0 Å². The van der Waals surface area contributed by atoms with Crippen molar-refractivity contribution < 1.29 is 4.79 Å². The van der Waals surface area contributed by atoms with E-state index in [1.807, 2.05) is 6.92 Å². The molecular formula is C14H24N4O. The van der Waals surface area contributed by atoms with Gasteiger partial charge in [0.2, 0.25) is 5.91 Å². The van der Waals surface area contributed by atoms with Crippen LogP contribution in [0.3, 0.4) is 0 Å². The molecule has 0 bridgehead atoms. The number of nitrogens with one attached hydrogen (secondary N) is 1. The number of rotatable bonds is 4. The van der Waals surface area contributed by atoms with Crippen molar-refractivity contribution in [2.24, 2.45) is 17.6 Å². The number of nitriles is 1. The Kier molecular flexibility index (Phi) is 4.12. The third-order valence-corrected chi connectivity index (χ3v) is 4.45. The first-order valence-electron chi connectivity index (χ1n) is 7.15. The van der Waals surface area contributed by atoms with Gasteiger partial charge in [-0.1, -0.05) is 6.92 Å². The number of amides is 1. The van der Waals surface area contributed by atoms with Crippen LogP contribution in [-0.4, -0.2) is 42.0 Å². The lowest BCUT2D eigenvalue weighted by molar-refractivity contribution is -0.124. The predicted octanol–water partition coefficient (Wildman–Crippen LogP) is 0.464. The minimum atomic E-state index is -0.686. The van der Waals surface area contributed by atoms with Gasteiger partial charge in [-0.3, -0.25) is 9.69 Å². The molecule has 1 heterocycles. The van der Waals surface area contributed by atoms with Gasteiger partial charge in [0, 0.05) is 19.1 Å². The van der Waals surface area contributed by atoms with E-state index in [0.717, 1.165) is 32.4 Å². The highest BCUT2D eigenvalue weighted by Crippen LogP contribution is 2.39. The lowest BCUT2D eigenvalue weighted by atomic mass is 9.94. The zero-order valence-corrected chi connectivity index (χ0v) is 11.9. The SMILES string of the molecule is CC1CN(CC(=O)NC(C)(C#N)C2CC2)CCC1N. The Morgan fingerprint density at radius 1 is 1.53 bits per heavy atom. The summed E-state index contributed by atoms with van der Waals surface area (Å²) in [5.41, 5.74) is 5.29. The van der Waals surface area contributed by atoms with Gasteiger partial charge >= 0.3 is 0 Å². The normalized spacial score (nSPS) is 31.3. The van der Waals surface area contributed by atoms with Gasteiger partial charge in [0.1, 0.15) is 5.54 Å². The molecule has 2 aliphatic rings. The van der Waals surface area contributed by atoms with Crippen molar-refractivity contribution in [1.82, 2.24) is 10.2 Å². The van der Waals surface area contributed by atoms with Crippen molar-refractivity contribution in [3.8, 4) is 6.07 Å². The smallest absolute Gasteiger partial charge is 0.235 e. The lowest BCUT2D eigenvalue weighted by Gasteiger charge is -2.35. The first-order chi connectivity index (χ1) is 8.94. The summed E-state index contributed by atoms with van der Waals surface area (Å²) in [6, 6.07) is 2.50. The molecule has 19 heavy (non-hydrogen) atoms. The molecule has 0 aromatic rings. The van der Waals surface area contributed by atoms with Gasteiger partial charge in [-0.05, 0) is 38.0 Å². The van der Waals surface area contributed by atoms with Gasteiger partial charge in [-0.2, -0.15) is 5.26 Å². The second kappa shape index (κ2) is 5.48. The molecule has 1 saturated carbocycles. The summed E-state index contributed by atoms with van der Waals surface area (Å²) < 4.78 is 0. The van der Waals surface area contributed by atoms with E-state index in [9.17, 15) is 10.1 Å². The molecule has 3 atom stereocenters. The lowest BCUT2D eigenvalue weighted by Crippen LogP contribution is -2.53. The molecule has 1 aliphatic heterocycles. The Labute approximate surface area is 115 Å². The summed E-state index contributed by atoms with van der Waals surface area (Å²) in [5, 5.41) is 12.1. The van der Waals surface area contributed by atoms with Crippen LogP contribution in [0.5, 0.6) is 0 Å². The van der Waals surface area contributed by atoms with E-state index in [-0.39, 0.29) is 11.9 Å². The molecule has 3 unspecified atom stereocenters. The molecule has 0 spiro atoms. The molecule has 1 amide bonds. The largest absolute Gasteiger partial charge is 0.337 e. The Morgan fingerprint density at radius 3 is 2.74 bits per heavy atom. The van der Waals surface area contributed by atoms with E-state index < -0.39 is 5.54 Å². The molecule has 2 fully saturated rings. The highest BCUT2D eigenvalue weighted by molar-refractivity contribution is 5.79. The van der Waals surface area contributed by atoms with Gasteiger partial charge in [0.25, 0.3) is 0 Å². The van der Waals surface area contributed by atoms with E-state index >= 15 is 0 Å². The first kappa shape index (κ1) is 14.3. The molecule has 2 rings (SSSR count). The van der Waals surface area contributed by atoms with Crippen molar-refractivity contribution >= 4 is 5.91 Å². The average Bonchev–Trinajstić information content (AvgIpc) is 3.18. The van der Waals surface area contributed by atoms with Gasteiger partial charge < -0.3 is 11.1 Å². The van der Waals surface area contributed by atoms with Crippen LogP contribution in [0.4, 0.5) is 0 Å². The van der Waals surface area contributed by atoms with Crippen molar-refractivity contribution in [2.75, 3.05) is 19.6 Å². The number of hydrogen-bond donors (Lipinski definition) is 2. The van der Waals surface area contributed by atoms with Gasteiger partial charge in [0.15, 0.2) is 0 Å². The fourth-order valence-electron chi connectivity index (χ4n) is 2.81. The van der Waals surface area contributed by atoms with E-state index in [2.05, 4.69) is 23.2 Å². The minimum absolute atomic E-state index is 0.0429. The van der Waals surface area contributed by atoms with Gasteiger partial charge in [-0.25, -0.2) is 0 Å². The van der Waals surface area contributed by atoms with Crippen LogP contribution in [-0.2, 0) is 4.79 Å². The van der Waals surface area contributed by atoms with Crippen LogP contribution in [0.2, 0.25) is 0 Å². The topological polar surface area (TPSA) is 82.2 Å². The van der Waals surface area contributed by atoms with Crippen LogP contribution in [0.25, 0.3) is 0 Å². The van der Waals surface area contributed by atoms with Crippen LogP contribution in [0.1, 0.15) is 33.1 Å².